The second-order valence-electron chi connectivity index (χ2n) is 6.36. The molecule has 112 valence electrons. The summed E-state index contributed by atoms with van der Waals surface area (Å²) in [5, 5.41) is 3.33. The van der Waals surface area contributed by atoms with E-state index in [1.807, 2.05) is 39.5 Å². The first-order chi connectivity index (χ1) is 8.79. The Bertz CT molecular complexity index is 281. The number of hydrogen-bond donors (Lipinski definition) is 1. The molecule has 0 aromatic rings. The number of rotatable bonds is 4. The molecule has 1 fully saturated rings. The van der Waals surface area contributed by atoms with E-state index in [0.717, 1.165) is 39.3 Å². The van der Waals surface area contributed by atoms with Gasteiger partial charge in [-0.05, 0) is 34.6 Å². The third kappa shape index (κ3) is 6.25. The molecule has 0 aromatic heterocycles. The van der Waals surface area contributed by atoms with Crippen molar-refractivity contribution < 1.29 is 9.53 Å². The van der Waals surface area contributed by atoms with E-state index in [-0.39, 0.29) is 12.1 Å². The molecule has 0 saturated carbocycles. The molecule has 1 amide bonds. The monoisotopic (exact) mass is 271 g/mol. The number of nitrogens with one attached hydrogen (secondary N) is 1. The second kappa shape index (κ2) is 7.10. The molecule has 1 rings (SSSR count). The quantitative estimate of drug-likeness (QED) is 0.842. The molecule has 0 atom stereocenters. The molecule has 1 saturated heterocycles. The standard InChI is InChI=1S/C14H29N3O2/c1-12(2)17(13(18)19-14(3,4)5)11-10-16-8-6-15-7-9-16/h12,15H,6-11H2,1-5H3. The van der Waals surface area contributed by atoms with Crippen LogP contribution in [-0.4, -0.2) is 66.8 Å². The lowest BCUT2D eigenvalue weighted by Gasteiger charge is -2.33. The first-order valence-corrected chi connectivity index (χ1v) is 7.22. The summed E-state index contributed by atoms with van der Waals surface area (Å²) in [6.45, 7) is 15.6. The molecule has 0 aliphatic carbocycles. The zero-order valence-electron chi connectivity index (χ0n) is 13.0. The van der Waals surface area contributed by atoms with Crippen LogP contribution in [0.2, 0.25) is 0 Å². The van der Waals surface area contributed by atoms with Crippen molar-refractivity contribution in [2.45, 2.75) is 46.3 Å². The molecule has 0 radical (unpaired) electrons. The van der Waals surface area contributed by atoms with E-state index in [4.69, 9.17) is 4.74 Å². The topological polar surface area (TPSA) is 44.8 Å². The number of carbonyl (C=O) groups excluding carboxylic acids is 1. The summed E-state index contributed by atoms with van der Waals surface area (Å²) < 4.78 is 5.46. The minimum absolute atomic E-state index is 0.165. The van der Waals surface area contributed by atoms with Crippen molar-refractivity contribution in [1.29, 1.82) is 0 Å². The van der Waals surface area contributed by atoms with Crippen LogP contribution in [0.15, 0.2) is 0 Å². The van der Waals surface area contributed by atoms with Gasteiger partial charge in [-0.2, -0.15) is 0 Å². The highest BCUT2D eigenvalue weighted by atomic mass is 16.6. The van der Waals surface area contributed by atoms with Gasteiger partial charge in [0.25, 0.3) is 0 Å². The second-order valence-corrected chi connectivity index (χ2v) is 6.36. The van der Waals surface area contributed by atoms with Crippen LogP contribution in [0, 0.1) is 0 Å². The Kier molecular flexibility index (Phi) is 6.07. The molecule has 1 aliphatic heterocycles. The Morgan fingerprint density at radius 1 is 1.32 bits per heavy atom. The van der Waals surface area contributed by atoms with Crippen LogP contribution >= 0.6 is 0 Å². The normalized spacial score (nSPS) is 17.6. The first kappa shape index (κ1) is 16.2. The molecule has 1 aliphatic rings. The van der Waals surface area contributed by atoms with Crippen molar-refractivity contribution >= 4 is 6.09 Å². The lowest BCUT2D eigenvalue weighted by atomic mass is 10.2. The Morgan fingerprint density at radius 3 is 2.37 bits per heavy atom. The maximum atomic E-state index is 12.1. The number of piperazine rings is 1. The fraction of sp³-hybridized carbons (Fsp3) is 0.929. The maximum absolute atomic E-state index is 12.1. The van der Waals surface area contributed by atoms with E-state index >= 15 is 0 Å². The van der Waals surface area contributed by atoms with Gasteiger partial charge in [-0.25, -0.2) is 4.79 Å². The molecule has 0 spiro atoms. The van der Waals surface area contributed by atoms with Crippen molar-refractivity contribution in [3.63, 3.8) is 0 Å². The van der Waals surface area contributed by atoms with Crippen molar-refractivity contribution in [1.82, 2.24) is 15.1 Å². The minimum Gasteiger partial charge on any atom is -0.444 e. The van der Waals surface area contributed by atoms with E-state index in [1.165, 1.54) is 0 Å². The number of amides is 1. The Balaban J connectivity index is 2.45. The smallest absolute Gasteiger partial charge is 0.410 e. The average molecular weight is 271 g/mol. The summed E-state index contributed by atoms with van der Waals surface area (Å²) in [5.41, 5.74) is -0.431. The van der Waals surface area contributed by atoms with Crippen molar-refractivity contribution in [3.8, 4) is 0 Å². The van der Waals surface area contributed by atoms with Gasteiger partial charge in [0.2, 0.25) is 0 Å². The molecule has 19 heavy (non-hydrogen) atoms. The Hall–Kier alpha value is -0.810. The molecular weight excluding hydrogens is 242 g/mol. The molecule has 1 heterocycles. The zero-order valence-corrected chi connectivity index (χ0v) is 13.0. The maximum Gasteiger partial charge on any atom is 0.410 e. The van der Waals surface area contributed by atoms with Crippen LogP contribution in [0.1, 0.15) is 34.6 Å². The number of carbonyl (C=O) groups is 1. The Labute approximate surface area is 117 Å². The van der Waals surface area contributed by atoms with E-state index in [9.17, 15) is 4.79 Å². The van der Waals surface area contributed by atoms with Crippen LogP contribution in [0.5, 0.6) is 0 Å². The van der Waals surface area contributed by atoms with Gasteiger partial charge in [0.1, 0.15) is 5.60 Å². The number of hydrogen-bond acceptors (Lipinski definition) is 4. The van der Waals surface area contributed by atoms with Gasteiger partial charge in [0.05, 0.1) is 0 Å². The van der Waals surface area contributed by atoms with Crippen LogP contribution in [-0.2, 0) is 4.74 Å². The highest BCUT2D eigenvalue weighted by Crippen LogP contribution is 2.12. The summed E-state index contributed by atoms with van der Waals surface area (Å²) in [5.74, 6) is 0. The highest BCUT2D eigenvalue weighted by Gasteiger charge is 2.24. The average Bonchev–Trinajstić information content (AvgIpc) is 2.27. The van der Waals surface area contributed by atoms with Gasteiger partial charge in [-0.1, -0.05) is 0 Å². The van der Waals surface area contributed by atoms with E-state index in [2.05, 4.69) is 10.2 Å². The molecule has 1 N–H and O–H groups in total. The van der Waals surface area contributed by atoms with Crippen molar-refractivity contribution in [3.05, 3.63) is 0 Å². The summed E-state index contributed by atoms with van der Waals surface area (Å²) in [4.78, 5) is 16.3. The largest absolute Gasteiger partial charge is 0.444 e. The number of nitrogens with zero attached hydrogens (tertiary/aromatic N) is 2. The summed E-state index contributed by atoms with van der Waals surface area (Å²) in [6, 6.07) is 0.165. The first-order valence-electron chi connectivity index (χ1n) is 7.22. The molecule has 0 bridgehead atoms. The van der Waals surface area contributed by atoms with Crippen LogP contribution in [0.4, 0.5) is 4.79 Å². The fourth-order valence-electron chi connectivity index (χ4n) is 2.06. The molecule has 0 unspecified atom stereocenters. The van der Waals surface area contributed by atoms with Gasteiger partial charge >= 0.3 is 6.09 Å². The summed E-state index contributed by atoms with van der Waals surface area (Å²) in [6.07, 6.45) is -0.211. The third-order valence-electron chi connectivity index (χ3n) is 3.12. The fourth-order valence-corrected chi connectivity index (χ4v) is 2.06. The Morgan fingerprint density at radius 2 is 1.89 bits per heavy atom. The lowest BCUT2D eigenvalue weighted by molar-refractivity contribution is 0.0169. The lowest BCUT2D eigenvalue weighted by Crippen LogP contribution is -2.49. The third-order valence-corrected chi connectivity index (χ3v) is 3.12. The highest BCUT2D eigenvalue weighted by molar-refractivity contribution is 5.68. The van der Waals surface area contributed by atoms with Gasteiger partial charge in [0, 0.05) is 45.3 Å². The molecular formula is C14H29N3O2. The summed E-state index contributed by atoms with van der Waals surface area (Å²) >= 11 is 0. The number of ether oxygens (including phenoxy) is 1. The van der Waals surface area contributed by atoms with Crippen LogP contribution in [0.25, 0.3) is 0 Å². The minimum atomic E-state index is -0.431. The van der Waals surface area contributed by atoms with Gasteiger partial charge < -0.3 is 15.0 Å². The summed E-state index contributed by atoms with van der Waals surface area (Å²) in [7, 11) is 0. The molecule has 5 nitrogen and oxygen atoms in total. The molecule has 0 aromatic carbocycles. The molecule has 5 heteroatoms. The van der Waals surface area contributed by atoms with Gasteiger partial charge in [0.15, 0.2) is 0 Å². The van der Waals surface area contributed by atoms with E-state index in [1.54, 1.807) is 0 Å². The predicted molar refractivity (Wildman–Crippen MR) is 77.4 cm³/mol. The van der Waals surface area contributed by atoms with Gasteiger partial charge in [-0.3, -0.25) is 4.90 Å². The zero-order chi connectivity index (χ0) is 14.5. The van der Waals surface area contributed by atoms with E-state index in [0.29, 0.717) is 0 Å². The van der Waals surface area contributed by atoms with Crippen molar-refractivity contribution in [2.24, 2.45) is 0 Å². The SMILES string of the molecule is CC(C)N(CCN1CCNCC1)C(=O)OC(C)(C)C. The van der Waals surface area contributed by atoms with E-state index < -0.39 is 5.60 Å². The predicted octanol–water partition coefficient (Wildman–Crippen LogP) is 1.54. The van der Waals surface area contributed by atoms with Crippen LogP contribution < -0.4 is 5.32 Å². The van der Waals surface area contributed by atoms with Crippen molar-refractivity contribution in [2.75, 3.05) is 39.3 Å². The van der Waals surface area contributed by atoms with Crippen LogP contribution in [0.3, 0.4) is 0 Å². The van der Waals surface area contributed by atoms with Gasteiger partial charge in [-0.15, -0.1) is 0 Å².